The standard InChI is InChI=1S/C14H17NOS/c15-14(7-5-11(16)6-8-14)13-9-10-3-1-2-4-12(10)17-13/h1-4,9,11,16H,5-8,15H2. The van der Waals surface area contributed by atoms with Crippen LogP contribution in [-0.2, 0) is 5.54 Å². The molecule has 0 aliphatic heterocycles. The van der Waals surface area contributed by atoms with Gasteiger partial charge in [-0.3, -0.25) is 0 Å². The van der Waals surface area contributed by atoms with Crippen LogP contribution in [0.5, 0.6) is 0 Å². The minimum atomic E-state index is -0.219. The van der Waals surface area contributed by atoms with Gasteiger partial charge in [0.2, 0.25) is 0 Å². The second kappa shape index (κ2) is 4.09. The molecule has 3 rings (SSSR count). The first-order valence-electron chi connectivity index (χ1n) is 6.13. The van der Waals surface area contributed by atoms with Crippen molar-refractivity contribution in [3.63, 3.8) is 0 Å². The Labute approximate surface area is 105 Å². The van der Waals surface area contributed by atoms with Crippen molar-refractivity contribution in [1.29, 1.82) is 0 Å². The van der Waals surface area contributed by atoms with Gasteiger partial charge in [-0.25, -0.2) is 0 Å². The quantitative estimate of drug-likeness (QED) is 0.813. The Morgan fingerprint density at radius 2 is 1.94 bits per heavy atom. The van der Waals surface area contributed by atoms with E-state index in [9.17, 15) is 5.11 Å². The highest BCUT2D eigenvalue weighted by atomic mass is 32.1. The van der Waals surface area contributed by atoms with Gasteiger partial charge >= 0.3 is 0 Å². The van der Waals surface area contributed by atoms with E-state index < -0.39 is 0 Å². The van der Waals surface area contributed by atoms with Crippen LogP contribution in [0, 0.1) is 0 Å². The Bertz CT molecular complexity index is 493. The first-order chi connectivity index (χ1) is 8.17. The van der Waals surface area contributed by atoms with Crippen LogP contribution < -0.4 is 5.73 Å². The molecule has 0 bridgehead atoms. The lowest BCUT2D eigenvalue weighted by Crippen LogP contribution is -2.40. The third-order valence-corrected chi connectivity index (χ3v) is 5.10. The van der Waals surface area contributed by atoms with Crippen LogP contribution in [0.1, 0.15) is 30.6 Å². The molecule has 1 aliphatic carbocycles. The lowest BCUT2D eigenvalue weighted by molar-refractivity contribution is 0.0980. The maximum Gasteiger partial charge on any atom is 0.0541 e. The predicted molar refractivity (Wildman–Crippen MR) is 72.2 cm³/mol. The molecule has 0 amide bonds. The third-order valence-electron chi connectivity index (χ3n) is 3.76. The number of nitrogens with two attached hydrogens (primary N) is 1. The molecule has 3 heteroatoms. The number of aliphatic hydroxyl groups excluding tert-OH is 1. The molecule has 90 valence electrons. The molecule has 0 atom stereocenters. The summed E-state index contributed by atoms with van der Waals surface area (Å²) in [6, 6.07) is 10.6. The zero-order valence-electron chi connectivity index (χ0n) is 9.73. The largest absolute Gasteiger partial charge is 0.393 e. The molecule has 0 unspecified atom stereocenters. The fraction of sp³-hybridized carbons (Fsp3) is 0.429. The van der Waals surface area contributed by atoms with E-state index in [1.165, 1.54) is 15.0 Å². The molecule has 2 aromatic rings. The van der Waals surface area contributed by atoms with Gasteiger partial charge in [0.15, 0.2) is 0 Å². The molecule has 0 spiro atoms. The fourth-order valence-electron chi connectivity index (χ4n) is 2.59. The average molecular weight is 247 g/mol. The maximum absolute atomic E-state index is 9.58. The van der Waals surface area contributed by atoms with Crippen molar-refractivity contribution in [2.75, 3.05) is 0 Å². The zero-order chi connectivity index (χ0) is 11.9. The van der Waals surface area contributed by atoms with Crippen molar-refractivity contribution in [2.45, 2.75) is 37.3 Å². The van der Waals surface area contributed by atoms with E-state index in [0.717, 1.165) is 25.7 Å². The smallest absolute Gasteiger partial charge is 0.0541 e. The Morgan fingerprint density at radius 3 is 2.65 bits per heavy atom. The lowest BCUT2D eigenvalue weighted by atomic mass is 9.80. The molecular weight excluding hydrogens is 230 g/mol. The highest BCUT2D eigenvalue weighted by Gasteiger charge is 2.33. The van der Waals surface area contributed by atoms with Gasteiger partial charge in [0.25, 0.3) is 0 Å². The summed E-state index contributed by atoms with van der Waals surface area (Å²) in [5.74, 6) is 0. The van der Waals surface area contributed by atoms with Gasteiger partial charge in [-0.05, 0) is 43.2 Å². The van der Waals surface area contributed by atoms with E-state index in [2.05, 4.69) is 30.3 Å². The Kier molecular flexibility index (Phi) is 2.69. The number of hydrogen-bond acceptors (Lipinski definition) is 3. The van der Waals surface area contributed by atoms with Crippen LogP contribution in [0.4, 0.5) is 0 Å². The predicted octanol–water partition coefficient (Wildman–Crippen LogP) is 2.99. The summed E-state index contributed by atoms with van der Waals surface area (Å²) in [4.78, 5) is 1.27. The summed E-state index contributed by atoms with van der Waals surface area (Å²) in [5.41, 5.74) is 6.29. The van der Waals surface area contributed by atoms with Gasteiger partial charge in [0.05, 0.1) is 11.6 Å². The van der Waals surface area contributed by atoms with Crippen LogP contribution in [-0.4, -0.2) is 11.2 Å². The summed E-state index contributed by atoms with van der Waals surface area (Å²) in [5, 5.41) is 10.9. The number of fused-ring (bicyclic) bond motifs is 1. The second-order valence-corrected chi connectivity index (χ2v) is 6.12. The second-order valence-electron chi connectivity index (χ2n) is 5.04. The molecule has 1 aromatic carbocycles. The summed E-state index contributed by atoms with van der Waals surface area (Å²) < 4.78 is 1.30. The van der Waals surface area contributed by atoms with Crippen LogP contribution in [0.2, 0.25) is 0 Å². The molecule has 1 heterocycles. The summed E-state index contributed by atoms with van der Waals surface area (Å²) in [7, 11) is 0. The van der Waals surface area contributed by atoms with Crippen molar-refractivity contribution < 1.29 is 5.11 Å². The number of rotatable bonds is 1. The Balaban J connectivity index is 1.97. The van der Waals surface area contributed by atoms with E-state index in [-0.39, 0.29) is 11.6 Å². The molecule has 3 N–H and O–H groups in total. The monoisotopic (exact) mass is 247 g/mol. The van der Waals surface area contributed by atoms with Crippen molar-refractivity contribution in [3.8, 4) is 0 Å². The van der Waals surface area contributed by atoms with Crippen molar-refractivity contribution >= 4 is 21.4 Å². The number of aliphatic hydroxyl groups is 1. The number of hydrogen-bond donors (Lipinski definition) is 2. The minimum Gasteiger partial charge on any atom is -0.393 e. The molecule has 17 heavy (non-hydrogen) atoms. The first-order valence-corrected chi connectivity index (χ1v) is 6.95. The zero-order valence-corrected chi connectivity index (χ0v) is 10.5. The van der Waals surface area contributed by atoms with Crippen molar-refractivity contribution in [2.24, 2.45) is 5.73 Å². The Hall–Kier alpha value is -0.900. The minimum absolute atomic E-state index is 0.152. The van der Waals surface area contributed by atoms with Gasteiger partial charge in [0, 0.05) is 9.58 Å². The van der Waals surface area contributed by atoms with Crippen LogP contribution in [0.3, 0.4) is 0 Å². The molecule has 1 saturated carbocycles. The van der Waals surface area contributed by atoms with Gasteiger partial charge < -0.3 is 10.8 Å². The summed E-state index contributed by atoms with van der Waals surface area (Å²) in [6.07, 6.45) is 3.28. The highest BCUT2D eigenvalue weighted by molar-refractivity contribution is 7.19. The van der Waals surface area contributed by atoms with Crippen LogP contribution >= 0.6 is 11.3 Å². The van der Waals surface area contributed by atoms with E-state index in [4.69, 9.17) is 5.73 Å². The normalized spacial score (nSPS) is 29.6. The SMILES string of the molecule is NC1(c2cc3ccccc3s2)CCC(O)CC1. The average Bonchev–Trinajstić information content (AvgIpc) is 2.77. The molecule has 1 aliphatic rings. The molecule has 2 nitrogen and oxygen atoms in total. The maximum atomic E-state index is 9.58. The Morgan fingerprint density at radius 1 is 1.24 bits per heavy atom. The highest BCUT2D eigenvalue weighted by Crippen LogP contribution is 2.40. The van der Waals surface area contributed by atoms with Gasteiger partial charge in [-0.15, -0.1) is 11.3 Å². The molecule has 1 aromatic heterocycles. The van der Waals surface area contributed by atoms with Gasteiger partial charge in [-0.2, -0.15) is 0 Å². The number of benzene rings is 1. The van der Waals surface area contributed by atoms with E-state index in [0.29, 0.717) is 0 Å². The molecular formula is C14H17NOS. The first kappa shape index (κ1) is 11.2. The molecule has 0 saturated heterocycles. The van der Waals surface area contributed by atoms with Gasteiger partial charge in [0.1, 0.15) is 0 Å². The van der Waals surface area contributed by atoms with Crippen molar-refractivity contribution in [3.05, 3.63) is 35.2 Å². The molecule has 0 radical (unpaired) electrons. The fourth-order valence-corrected chi connectivity index (χ4v) is 3.81. The van der Waals surface area contributed by atoms with Crippen LogP contribution in [0.15, 0.2) is 30.3 Å². The van der Waals surface area contributed by atoms with Gasteiger partial charge in [-0.1, -0.05) is 18.2 Å². The van der Waals surface area contributed by atoms with E-state index in [1.807, 2.05) is 0 Å². The van der Waals surface area contributed by atoms with Crippen LogP contribution in [0.25, 0.3) is 10.1 Å². The lowest BCUT2D eigenvalue weighted by Gasteiger charge is -2.34. The molecule has 1 fully saturated rings. The van der Waals surface area contributed by atoms with E-state index >= 15 is 0 Å². The topological polar surface area (TPSA) is 46.2 Å². The summed E-state index contributed by atoms with van der Waals surface area (Å²) in [6.45, 7) is 0. The van der Waals surface area contributed by atoms with E-state index in [1.54, 1.807) is 11.3 Å². The van der Waals surface area contributed by atoms with Crippen molar-refractivity contribution in [1.82, 2.24) is 0 Å². The number of thiophene rings is 1. The third kappa shape index (κ3) is 1.99. The summed E-state index contributed by atoms with van der Waals surface area (Å²) >= 11 is 1.80.